The highest BCUT2D eigenvalue weighted by Gasteiger charge is 2.19. The standard InChI is InChI=1S/C26H34N8O/c1-3-4-5-9-12-22-29-25(32-26(31-22)34-17-15-33(2)16-18-34)30-23-19-20(13-14-27-23)24(35)28-21-10-7-6-8-11-21/h6-8,10-11,13-14,19H,3-5,9,12,15-18H2,1-2H3,(H,28,35)(H,27,29,30,31,32). The molecule has 1 fully saturated rings. The van der Waals surface area contributed by atoms with Crippen molar-refractivity contribution in [2.45, 2.75) is 39.0 Å². The number of nitrogens with zero attached hydrogens (tertiary/aromatic N) is 6. The Hall–Kier alpha value is -3.59. The van der Waals surface area contributed by atoms with Crippen LogP contribution < -0.4 is 15.5 Å². The highest BCUT2D eigenvalue weighted by molar-refractivity contribution is 6.04. The lowest BCUT2D eigenvalue weighted by Gasteiger charge is -2.32. The van der Waals surface area contributed by atoms with E-state index in [2.05, 4.69) is 44.4 Å². The van der Waals surface area contributed by atoms with Crippen LogP contribution in [0, 0.1) is 0 Å². The molecule has 0 atom stereocenters. The third-order valence-electron chi connectivity index (χ3n) is 6.00. The van der Waals surface area contributed by atoms with Gasteiger partial charge >= 0.3 is 0 Å². The topological polar surface area (TPSA) is 99.2 Å². The van der Waals surface area contributed by atoms with E-state index >= 15 is 0 Å². The van der Waals surface area contributed by atoms with Gasteiger partial charge in [0.15, 0.2) is 0 Å². The van der Waals surface area contributed by atoms with Crippen molar-refractivity contribution in [3.8, 4) is 0 Å². The Bertz CT molecular complexity index is 1100. The van der Waals surface area contributed by atoms with Gasteiger partial charge in [-0.1, -0.05) is 44.4 Å². The molecule has 0 unspecified atom stereocenters. The highest BCUT2D eigenvalue weighted by atomic mass is 16.1. The second kappa shape index (κ2) is 12.2. The van der Waals surface area contributed by atoms with E-state index in [9.17, 15) is 4.79 Å². The molecule has 0 spiro atoms. The Morgan fingerprint density at radius 3 is 2.54 bits per heavy atom. The smallest absolute Gasteiger partial charge is 0.255 e. The van der Waals surface area contributed by atoms with Crippen molar-refractivity contribution < 1.29 is 4.79 Å². The molecule has 9 nitrogen and oxygen atoms in total. The van der Waals surface area contributed by atoms with Crippen LogP contribution in [0.3, 0.4) is 0 Å². The van der Waals surface area contributed by atoms with E-state index < -0.39 is 0 Å². The first-order valence-electron chi connectivity index (χ1n) is 12.4. The maximum absolute atomic E-state index is 12.7. The normalized spacial score (nSPS) is 14.1. The van der Waals surface area contributed by atoms with E-state index in [4.69, 9.17) is 9.97 Å². The fourth-order valence-electron chi connectivity index (χ4n) is 3.91. The van der Waals surface area contributed by atoms with E-state index in [0.717, 1.165) is 57.0 Å². The fraction of sp³-hybridized carbons (Fsp3) is 0.423. The molecule has 1 aliphatic heterocycles. The number of piperazine rings is 1. The van der Waals surface area contributed by atoms with Gasteiger partial charge in [-0.15, -0.1) is 0 Å². The Kier molecular flexibility index (Phi) is 8.56. The minimum Gasteiger partial charge on any atom is -0.338 e. The number of hydrogen-bond donors (Lipinski definition) is 2. The zero-order chi connectivity index (χ0) is 24.5. The van der Waals surface area contributed by atoms with Gasteiger partial charge < -0.3 is 20.4 Å². The third kappa shape index (κ3) is 7.19. The molecule has 184 valence electrons. The van der Waals surface area contributed by atoms with Gasteiger partial charge in [0.05, 0.1) is 0 Å². The van der Waals surface area contributed by atoms with Gasteiger partial charge in [-0.05, 0) is 37.7 Å². The molecule has 2 aromatic heterocycles. The van der Waals surface area contributed by atoms with Crippen molar-refractivity contribution >= 4 is 29.3 Å². The van der Waals surface area contributed by atoms with Crippen LogP contribution in [0.5, 0.6) is 0 Å². The second-order valence-electron chi connectivity index (χ2n) is 8.85. The summed E-state index contributed by atoms with van der Waals surface area (Å²) in [4.78, 5) is 35.7. The van der Waals surface area contributed by atoms with Crippen LogP contribution in [0.2, 0.25) is 0 Å². The molecular formula is C26H34N8O. The summed E-state index contributed by atoms with van der Waals surface area (Å²) >= 11 is 0. The lowest BCUT2D eigenvalue weighted by atomic mass is 10.1. The number of rotatable bonds is 10. The van der Waals surface area contributed by atoms with Crippen LogP contribution in [0.15, 0.2) is 48.7 Å². The molecule has 0 radical (unpaired) electrons. The van der Waals surface area contributed by atoms with Crippen LogP contribution in [0.4, 0.5) is 23.4 Å². The minimum atomic E-state index is -0.202. The summed E-state index contributed by atoms with van der Waals surface area (Å²) in [6.45, 7) is 5.91. The van der Waals surface area contributed by atoms with Crippen molar-refractivity contribution in [3.63, 3.8) is 0 Å². The van der Waals surface area contributed by atoms with Crippen LogP contribution in [0.1, 0.15) is 48.8 Å². The molecule has 9 heteroatoms. The molecule has 1 amide bonds. The molecule has 4 rings (SSSR count). The van der Waals surface area contributed by atoms with Crippen molar-refractivity contribution in [1.29, 1.82) is 0 Å². The maximum atomic E-state index is 12.7. The second-order valence-corrected chi connectivity index (χ2v) is 8.85. The van der Waals surface area contributed by atoms with Crippen molar-refractivity contribution in [1.82, 2.24) is 24.8 Å². The zero-order valence-corrected chi connectivity index (χ0v) is 20.6. The Morgan fingerprint density at radius 1 is 0.971 bits per heavy atom. The monoisotopic (exact) mass is 474 g/mol. The molecule has 0 saturated carbocycles. The third-order valence-corrected chi connectivity index (χ3v) is 6.00. The molecule has 35 heavy (non-hydrogen) atoms. The number of likely N-dealkylation sites (N-methyl/N-ethyl adjacent to an activating group) is 1. The number of aromatic nitrogens is 4. The highest BCUT2D eigenvalue weighted by Crippen LogP contribution is 2.18. The summed E-state index contributed by atoms with van der Waals surface area (Å²) < 4.78 is 0. The summed E-state index contributed by atoms with van der Waals surface area (Å²) in [6, 6.07) is 12.8. The summed E-state index contributed by atoms with van der Waals surface area (Å²) in [6.07, 6.45) is 7.03. The predicted octanol–water partition coefficient (Wildman–Crippen LogP) is 4.14. The Morgan fingerprint density at radius 2 is 1.77 bits per heavy atom. The molecule has 0 aliphatic carbocycles. The van der Waals surface area contributed by atoms with Gasteiger partial charge in [-0.25, -0.2) is 4.98 Å². The first-order valence-corrected chi connectivity index (χ1v) is 12.4. The number of carbonyl (C=O) groups excluding carboxylic acids is 1. The number of benzene rings is 1. The molecular weight excluding hydrogens is 440 g/mol. The molecule has 0 bridgehead atoms. The lowest BCUT2D eigenvalue weighted by molar-refractivity contribution is 0.102. The maximum Gasteiger partial charge on any atom is 0.255 e. The zero-order valence-electron chi connectivity index (χ0n) is 20.6. The predicted molar refractivity (Wildman–Crippen MR) is 139 cm³/mol. The molecule has 3 aromatic rings. The molecule has 2 N–H and O–H groups in total. The van der Waals surface area contributed by atoms with Gasteiger partial charge in [0.2, 0.25) is 11.9 Å². The van der Waals surface area contributed by atoms with Crippen LogP contribution in [-0.2, 0) is 6.42 Å². The van der Waals surface area contributed by atoms with Gasteiger partial charge in [-0.2, -0.15) is 15.0 Å². The van der Waals surface area contributed by atoms with Gasteiger partial charge in [0.1, 0.15) is 11.6 Å². The van der Waals surface area contributed by atoms with E-state index in [0.29, 0.717) is 23.3 Å². The molecule has 1 aliphatic rings. The first-order chi connectivity index (χ1) is 17.1. The van der Waals surface area contributed by atoms with E-state index in [1.54, 1.807) is 18.3 Å². The number of unbranched alkanes of at least 4 members (excludes halogenated alkanes) is 3. The number of hydrogen-bond acceptors (Lipinski definition) is 8. The average Bonchev–Trinajstić information content (AvgIpc) is 2.88. The Labute approximate surface area is 207 Å². The van der Waals surface area contributed by atoms with E-state index in [-0.39, 0.29) is 5.91 Å². The van der Waals surface area contributed by atoms with Crippen molar-refractivity contribution in [2.24, 2.45) is 0 Å². The molecule has 3 heterocycles. The lowest BCUT2D eigenvalue weighted by Crippen LogP contribution is -2.45. The quantitative estimate of drug-likeness (QED) is 0.423. The van der Waals surface area contributed by atoms with E-state index in [1.807, 2.05) is 30.3 Å². The SMILES string of the molecule is CCCCCCc1nc(Nc2cc(C(=O)Nc3ccccc3)ccn2)nc(N2CCN(C)CC2)n1. The first kappa shape index (κ1) is 24.5. The number of aryl methyl sites for hydroxylation is 1. The average molecular weight is 475 g/mol. The fourth-order valence-corrected chi connectivity index (χ4v) is 3.91. The number of pyridine rings is 1. The molecule has 1 aromatic carbocycles. The summed E-state index contributed by atoms with van der Waals surface area (Å²) in [5, 5.41) is 6.10. The number of carbonyl (C=O) groups is 1. The van der Waals surface area contributed by atoms with Crippen LogP contribution in [0.25, 0.3) is 0 Å². The van der Waals surface area contributed by atoms with Crippen LogP contribution >= 0.6 is 0 Å². The largest absolute Gasteiger partial charge is 0.338 e. The van der Waals surface area contributed by atoms with Gasteiger partial charge in [0.25, 0.3) is 5.91 Å². The van der Waals surface area contributed by atoms with Crippen LogP contribution in [-0.4, -0.2) is 64.0 Å². The Balaban J connectivity index is 1.51. The van der Waals surface area contributed by atoms with E-state index in [1.165, 1.54) is 12.8 Å². The number of nitrogens with one attached hydrogen (secondary N) is 2. The minimum absolute atomic E-state index is 0.202. The summed E-state index contributed by atoms with van der Waals surface area (Å²) in [5.74, 6) is 2.24. The number of amides is 1. The summed E-state index contributed by atoms with van der Waals surface area (Å²) in [5.41, 5.74) is 1.24. The molecule has 1 saturated heterocycles. The number of anilines is 4. The van der Waals surface area contributed by atoms with Crippen molar-refractivity contribution in [3.05, 3.63) is 60.0 Å². The number of para-hydroxylation sites is 1. The summed E-state index contributed by atoms with van der Waals surface area (Å²) in [7, 11) is 2.13. The van der Waals surface area contributed by atoms with Crippen molar-refractivity contribution in [2.75, 3.05) is 48.8 Å². The van der Waals surface area contributed by atoms with Gasteiger partial charge in [-0.3, -0.25) is 4.79 Å². The van der Waals surface area contributed by atoms with Gasteiger partial charge in [0, 0.05) is 50.0 Å².